The van der Waals surface area contributed by atoms with Crippen LogP contribution in [0.3, 0.4) is 0 Å². The molecule has 3 heteroatoms. The predicted octanol–water partition coefficient (Wildman–Crippen LogP) is 3.45. The van der Waals surface area contributed by atoms with Crippen molar-refractivity contribution in [1.82, 2.24) is 10.2 Å². The van der Waals surface area contributed by atoms with Gasteiger partial charge < -0.3 is 10.2 Å². The van der Waals surface area contributed by atoms with Gasteiger partial charge in [0.1, 0.15) is 0 Å². The summed E-state index contributed by atoms with van der Waals surface area (Å²) in [6.07, 6.45) is 10.7. The van der Waals surface area contributed by atoms with E-state index in [-0.39, 0.29) is 11.3 Å². The summed E-state index contributed by atoms with van der Waals surface area (Å²) in [6, 6.07) is 0. The van der Waals surface area contributed by atoms with Crippen molar-refractivity contribution < 1.29 is 4.79 Å². The lowest BCUT2D eigenvalue weighted by Crippen LogP contribution is -2.56. The Kier molecular flexibility index (Phi) is 6.90. The van der Waals surface area contributed by atoms with E-state index in [2.05, 4.69) is 23.3 Å². The van der Waals surface area contributed by atoms with Crippen molar-refractivity contribution in [2.45, 2.75) is 52.5 Å². The molecule has 1 fully saturated rings. The van der Waals surface area contributed by atoms with Crippen molar-refractivity contribution in [3.63, 3.8) is 0 Å². The van der Waals surface area contributed by atoms with Gasteiger partial charge in [0.2, 0.25) is 0 Å². The van der Waals surface area contributed by atoms with E-state index < -0.39 is 0 Å². The maximum absolute atomic E-state index is 12.5. The molecule has 2 rings (SSSR count). The molecule has 21 heavy (non-hydrogen) atoms. The fraction of sp³-hybridized carbons (Fsp3) is 0.611. The van der Waals surface area contributed by atoms with Gasteiger partial charge in [0.25, 0.3) is 0 Å². The van der Waals surface area contributed by atoms with Crippen molar-refractivity contribution in [3.8, 4) is 0 Å². The summed E-state index contributed by atoms with van der Waals surface area (Å²) < 4.78 is 0. The maximum atomic E-state index is 12.5. The number of likely N-dealkylation sites (N-methyl/N-ethyl adjacent to an activating group) is 1. The van der Waals surface area contributed by atoms with Crippen LogP contribution < -0.4 is 5.32 Å². The van der Waals surface area contributed by atoms with Crippen molar-refractivity contribution in [3.05, 3.63) is 35.6 Å². The lowest BCUT2D eigenvalue weighted by atomic mass is 9.77. The molecule has 0 aromatic carbocycles. The van der Waals surface area contributed by atoms with Gasteiger partial charge in [-0.1, -0.05) is 32.1 Å². The zero-order valence-corrected chi connectivity index (χ0v) is 14.2. The Bertz CT molecular complexity index is 440. The second kappa shape index (κ2) is 8.18. The summed E-state index contributed by atoms with van der Waals surface area (Å²) in [4.78, 5) is 14.8. The number of carbonyl (C=O) groups is 1. The van der Waals surface area contributed by atoms with E-state index in [0.717, 1.165) is 37.2 Å². The Morgan fingerprint density at radius 2 is 1.67 bits per heavy atom. The van der Waals surface area contributed by atoms with Crippen LogP contribution in [0.25, 0.3) is 0 Å². The van der Waals surface area contributed by atoms with Crippen LogP contribution in [0.2, 0.25) is 0 Å². The van der Waals surface area contributed by atoms with Gasteiger partial charge in [-0.15, -0.1) is 0 Å². The Balaban J connectivity index is 0.00000106. The van der Waals surface area contributed by atoms with Gasteiger partial charge >= 0.3 is 0 Å². The molecule has 0 aliphatic carbocycles. The lowest BCUT2D eigenvalue weighted by Gasteiger charge is -2.49. The van der Waals surface area contributed by atoms with Crippen LogP contribution in [0, 0.1) is 0 Å². The standard InChI is InChI=1S/C16H24N2O.C2H6/c1-4-6-13-14(7-5-2)18(3)16(12-15(13)19)8-10-17-11-9-16;1-2/h4-7,17H,8-12H2,1-3H3;1-2H3/b6-4+,7-5-;. The minimum atomic E-state index is 0.0161. The predicted molar refractivity (Wildman–Crippen MR) is 90.2 cm³/mol. The first-order valence-corrected chi connectivity index (χ1v) is 8.12. The highest BCUT2D eigenvalue weighted by Crippen LogP contribution is 2.38. The molecule has 0 amide bonds. The van der Waals surface area contributed by atoms with Crippen LogP contribution in [-0.2, 0) is 4.79 Å². The Morgan fingerprint density at radius 1 is 1.10 bits per heavy atom. The molecule has 0 saturated carbocycles. The average molecular weight is 290 g/mol. The molecule has 0 bridgehead atoms. The number of nitrogens with zero attached hydrogens (tertiary/aromatic N) is 1. The molecule has 118 valence electrons. The first kappa shape index (κ1) is 17.7. The molecule has 2 heterocycles. The zero-order valence-electron chi connectivity index (χ0n) is 14.2. The topological polar surface area (TPSA) is 32.3 Å². The molecule has 0 radical (unpaired) electrons. The maximum Gasteiger partial charge on any atom is 0.167 e. The van der Waals surface area contributed by atoms with E-state index in [4.69, 9.17) is 0 Å². The van der Waals surface area contributed by atoms with Gasteiger partial charge in [-0.25, -0.2) is 0 Å². The third-order valence-electron chi connectivity index (χ3n) is 4.33. The minimum absolute atomic E-state index is 0.0161. The zero-order chi connectivity index (χ0) is 15.9. The molecule has 1 N–H and O–H groups in total. The number of carbonyl (C=O) groups excluding carboxylic acids is 1. The van der Waals surface area contributed by atoms with Crippen LogP contribution in [0.1, 0.15) is 47.0 Å². The number of nitrogens with one attached hydrogen (secondary N) is 1. The quantitative estimate of drug-likeness (QED) is 0.845. The molecule has 1 saturated heterocycles. The molecule has 0 atom stereocenters. The smallest absolute Gasteiger partial charge is 0.167 e. The van der Waals surface area contributed by atoms with E-state index in [1.807, 2.05) is 45.9 Å². The molecule has 0 aromatic rings. The number of hydrogen-bond donors (Lipinski definition) is 1. The highest BCUT2D eigenvalue weighted by molar-refractivity contribution is 6.00. The van der Waals surface area contributed by atoms with E-state index >= 15 is 0 Å². The first-order chi connectivity index (χ1) is 10.1. The van der Waals surface area contributed by atoms with Crippen LogP contribution >= 0.6 is 0 Å². The number of allylic oxidation sites excluding steroid dienone is 5. The minimum Gasteiger partial charge on any atom is -0.368 e. The molecule has 0 aromatic heterocycles. The number of rotatable bonds is 2. The van der Waals surface area contributed by atoms with E-state index in [1.165, 1.54) is 0 Å². The van der Waals surface area contributed by atoms with Gasteiger partial charge in [0.15, 0.2) is 5.78 Å². The van der Waals surface area contributed by atoms with Crippen LogP contribution in [-0.4, -0.2) is 36.4 Å². The Morgan fingerprint density at radius 3 is 2.19 bits per heavy atom. The molecule has 3 nitrogen and oxygen atoms in total. The van der Waals surface area contributed by atoms with Gasteiger partial charge in [-0.3, -0.25) is 4.79 Å². The summed E-state index contributed by atoms with van der Waals surface area (Å²) in [6.45, 7) is 9.96. The number of Topliss-reactive ketones (excluding diaryl/α,β-unsaturated/α-hetero) is 1. The number of piperidine rings is 1. The van der Waals surface area contributed by atoms with Crippen LogP contribution in [0.5, 0.6) is 0 Å². The van der Waals surface area contributed by atoms with Crippen molar-refractivity contribution in [2.24, 2.45) is 0 Å². The molecule has 2 aliphatic heterocycles. The molecule has 2 aliphatic rings. The fourth-order valence-electron chi connectivity index (χ4n) is 3.20. The highest BCUT2D eigenvalue weighted by Gasteiger charge is 2.43. The molecular formula is C18H30N2O. The highest BCUT2D eigenvalue weighted by atomic mass is 16.1. The van der Waals surface area contributed by atoms with Crippen molar-refractivity contribution >= 4 is 5.78 Å². The molecule has 1 spiro atoms. The SMILES string of the molecule is C/C=C\C1=C(/C=C/C)C(=O)CC2(CCNCC2)N1C.CC. The van der Waals surface area contributed by atoms with E-state index in [0.29, 0.717) is 6.42 Å². The number of ketones is 1. The summed E-state index contributed by atoms with van der Waals surface area (Å²) in [5.41, 5.74) is 1.94. The van der Waals surface area contributed by atoms with Crippen molar-refractivity contribution in [2.75, 3.05) is 20.1 Å². The Hall–Kier alpha value is -1.35. The van der Waals surface area contributed by atoms with Crippen LogP contribution in [0.4, 0.5) is 0 Å². The summed E-state index contributed by atoms with van der Waals surface area (Å²) >= 11 is 0. The largest absolute Gasteiger partial charge is 0.368 e. The normalized spacial score (nSPS) is 22.1. The number of hydrogen-bond acceptors (Lipinski definition) is 3. The second-order valence-corrected chi connectivity index (χ2v) is 5.43. The third kappa shape index (κ3) is 3.65. The third-order valence-corrected chi connectivity index (χ3v) is 4.33. The summed E-state index contributed by atoms with van der Waals surface area (Å²) in [5, 5.41) is 3.39. The molecule has 0 unspecified atom stereocenters. The molecular weight excluding hydrogens is 260 g/mol. The average Bonchev–Trinajstić information content (AvgIpc) is 2.51. The van der Waals surface area contributed by atoms with Crippen LogP contribution in [0.15, 0.2) is 35.6 Å². The summed E-state index contributed by atoms with van der Waals surface area (Å²) in [7, 11) is 2.14. The fourth-order valence-corrected chi connectivity index (χ4v) is 3.20. The van der Waals surface area contributed by atoms with E-state index in [1.54, 1.807) is 0 Å². The first-order valence-electron chi connectivity index (χ1n) is 8.12. The van der Waals surface area contributed by atoms with E-state index in [9.17, 15) is 4.79 Å². The van der Waals surface area contributed by atoms with Gasteiger partial charge in [0.05, 0.1) is 0 Å². The Labute approximate surface area is 129 Å². The lowest BCUT2D eigenvalue weighted by molar-refractivity contribution is -0.119. The van der Waals surface area contributed by atoms with Crippen molar-refractivity contribution in [1.29, 1.82) is 0 Å². The second-order valence-electron chi connectivity index (χ2n) is 5.43. The van der Waals surface area contributed by atoms with Gasteiger partial charge in [-0.05, 0) is 45.9 Å². The van der Waals surface area contributed by atoms with Gasteiger partial charge in [0, 0.05) is 30.3 Å². The summed E-state index contributed by atoms with van der Waals surface area (Å²) in [5.74, 6) is 0.284. The monoisotopic (exact) mass is 290 g/mol. The van der Waals surface area contributed by atoms with Gasteiger partial charge in [-0.2, -0.15) is 0 Å².